The van der Waals surface area contributed by atoms with Crippen LogP contribution < -0.4 is 38.9 Å². The van der Waals surface area contributed by atoms with Crippen LogP contribution in [-0.4, -0.2) is 71.2 Å². The number of hydrogen-bond donors (Lipinski definition) is 8. The average Bonchev–Trinajstić information content (AvgIpc) is 2.65. The lowest BCUT2D eigenvalue weighted by Crippen LogP contribution is -2.54. The fourth-order valence-electron chi connectivity index (χ4n) is 2.20. The van der Waals surface area contributed by atoms with Gasteiger partial charge in [0.25, 0.3) is 0 Å². The monoisotopic (exact) mass is 445 g/mol. The fourth-order valence-corrected chi connectivity index (χ4v) is 2.20. The minimum absolute atomic E-state index is 0.101. The fraction of sp³-hybridized carbons (Fsp3) is 0.562. The molecule has 0 bridgehead atoms. The summed E-state index contributed by atoms with van der Waals surface area (Å²) in [6.45, 7) is -0.696. The molecule has 31 heavy (non-hydrogen) atoms. The average molecular weight is 445 g/mol. The Morgan fingerprint density at radius 1 is 0.742 bits per heavy atom. The van der Waals surface area contributed by atoms with Crippen molar-refractivity contribution in [3.63, 3.8) is 0 Å². The number of hydrogen-bond acceptors (Lipinski definition) is 8. The standard InChI is InChI=1S/C16H27N7O8/c17-7(1-3-10(18)24)14(28)23-9(5-12(20)26)15(29)21-6-13(27)22-8(16(30)31)2-4-11(19)25/h7-9H,1-6,17H2,(H2,18,24)(H2,19,25)(H2,20,26)(H,21,29)(H,22,27)(H,23,28)(H,30,31). The first-order chi connectivity index (χ1) is 14.3. The molecule has 0 saturated carbocycles. The lowest BCUT2D eigenvalue weighted by Gasteiger charge is -2.20. The van der Waals surface area contributed by atoms with Crippen LogP contribution in [0.5, 0.6) is 0 Å². The number of carboxylic acid groups (broad SMARTS) is 1. The van der Waals surface area contributed by atoms with Crippen molar-refractivity contribution in [2.45, 2.75) is 50.2 Å². The Balaban J connectivity index is 4.85. The van der Waals surface area contributed by atoms with Gasteiger partial charge in [0, 0.05) is 12.8 Å². The third-order valence-corrected chi connectivity index (χ3v) is 3.81. The molecule has 0 aliphatic carbocycles. The zero-order valence-corrected chi connectivity index (χ0v) is 16.6. The molecule has 3 atom stereocenters. The molecule has 6 amide bonds. The van der Waals surface area contributed by atoms with E-state index in [9.17, 15) is 33.6 Å². The zero-order valence-electron chi connectivity index (χ0n) is 16.6. The first-order valence-electron chi connectivity index (χ1n) is 9.04. The van der Waals surface area contributed by atoms with Gasteiger partial charge < -0.3 is 44.0 Å². The van der Waals surface area contributed by atoms with Crippen molar-refractivity contribution in [3.05, 3.63) is 0 Å². The van der Waals surface area contributed by atoms with Gasteiger partial charge in [0.2, 0.25) is 35.4 Å². The van der Waals surface area contributed by atoms with Crippen molar-refractivity contribution in [1.29, 1.82) is 0 Å². The van der Waals surface area contributed by atoms with Gasteiger partial charge in [-0.2, -0.15) is 0 Å². The highest BCUT2D eigenvalue weighted by Gasteiger charge is 2.26. The lowest BCUT2D eigenvalue weighted by atomic mass is 10.1. The summed E-state index contributed by atoms with van der Waals surface area (Å²) in [4.78, 5) is 80.0. The van der Waals surface area contributed by atoms with E-state index in [4.69, 9.17) is 28.0 Å². The van der Waals surface area contributed by atoms with Crippen LogP contribution >= 0.6 is 0 Å². The number of carboxylic acids is 1. The summed E-state index contributed by atoms with van der Waals surface area (Å²) < 4.78 is 0. The van der Waals surface area contributed by atoms with Gasteiger partial charge in [-0.25, -0.2) is 4.79 Å². The molecule has 0 aromatic rings. The second-order valence-electron chi connectivity index (χ2n) is 6.52. The van der Waals surface area contributed by atoms with Gasteiger partial charge in [-0.3, -0.25) is 28.8 Å². The molecular formula is C16H27N7O8. The van der Waals surface area contributed by atoms with Crippen LogP contribution in [0, 0.1) is 0 Å². The molecule has 0 aliphatic heterocycles. The molecule has 0 saturated heterocycles. The number of rotatable bonds is 15. The third kappa shape index (κ3) is 12.4. The van der Waals surface area contributed by atoms with Crippen molar-refractivity contribution >= 4 is 41.4 Å². The van der Waals surface area contributed by atoms with Crippen molar-refractivity contribution < 1.29 is 38.7 Å². The number of carbonyl (C=O) groups is 7. The van der Waals surface area contributed by atoms with Crippen LogP contribution in [0.1, 0.15) is 32.1 Å². The maximum Gasteiger partial charge on any atom is 0.326 e. The van der Waals surface area contributed by atoms with E-state index in [0.717, 1.165) is 0 Å². The highest BCUT2D eigenvalue weighted by molar-refractivity contribution is 5.95. The van der Waals surface area contributed by atoms with Crippen molar-refractivity contribution in [3.8, 4) is 0 Å². The van der Waals surface area contributed by atoms with Crippen LogP contribution in [0.3, 0.4) is 0 Å². The van der Waals surface area contributed by atoms with E-state index in [0.29, 0.717) is 0 Å². The second kappa shape index (κ2) is 13.5. The molecule has 0 spiro atoms. The number of amides is 6. The summed E-state index contributed by atoms with van der Waals surface area (Å²) in [6.07, 6.45) is -1.43. The number of primary amides is 3. The molecule has 0 radical (unpaired) electrons. The Morgan fingerprint density at radius 2 is 1.29 bits per heavy atom. The minimum Gasteiger partial charge on any atom is -0.480 e. The normalized spacial score (nSPS) is 13.2. The topological polar surface area (TPSA) is 280 Å². The maximum absolute atomic E-state index is 12.2. The van der Waals surface area contributed by atoms with E-state index >= 15 is 0 Å². The molecule has 12 N–H and O–H groups in total. The van der Waals surface area contributed by atoms with Crippen LogP contribution in [0.4, 0.5) is 0 Å². The van der Waals surface area contributed by atoms with Crippen LogP contribution in [0.2, 0.25) is 0 Å². The van der Waals surface area contributed by atoms with Crippen molar-refractivity contribution in [2.75, 3.05) is 6.54 Å². The Hall–Kier alpha value is -3.75. The molecule has 0 fully saturated rings. The molecule has 174 valence electrons. The van der Waals surface area contributed by atoms with Crippen LogP contribution in [0.15, 0.2) is 0 Å². The van der Waals surface area contributed by atoms with Crippen molar-refractivity contribution in [2.24, 2.45) is 22.9 Å². The summed E-state index contributed by atoms with van der Waals surface area (Å²) >= 11 is 0. The van der Waals surface area contributed by atoms with Gasteiger partial charge in [0.15, 0.2) is 0 Å². The van der Waals surface area contributed by atoms with Gasteiger partial charge in [0.05, 0.1) is 19.0 Å². The second-order valence-corrected chi connectivity index (χ2v) is 6.52. The SMILES string of the molecule is NC(=O)CCC(N)C(=O)NC(CC(N)=O)C(=O)NCC(=O)NC(CCC(N)=O)C(=O)O. The molecule has 0 aromatic heterocycles. The summed E-state index contributed by atoms with van der Waals surface area (Å²) in [6, 6.07) is -4.08. The quantitative estimate of drug-likeness (QED) is 0.119. The maximum atomic E-state index is 12.2. The minimum atomic E-state index is -1.47. The Kier molecular flexibility index (Phi) is 11.8. The van der Waals surface area contributed by atoms with Gasteiger partial charge in [-0.05, 0) is 12.8 Å². The van der Waals surface area contributed by atoms with Crippen molar-refractivity contribution in [1.82, 2.24) is 16.0 Å². The van der Waals surface area contributed by atoms with E-state index in [2.05, 4.69) is 16.0 Å². The predicted octanol–water partition coefficient (Wildman–Crippen LogP) is -5.11. The molecule has 0 aliphatic rings. The van der Waals surface area contributed by atoms with E-state index < -0.39 is 72.5 Å². The largest absolute Gasteiger partial charge is 0.480 e. The van der Waals surface area contributed by atoms with E-state index in [1.165, 1.54) is 0 Å². The van der Waals surface area contributed by atoms with Gasteiger partial charge in [-0.1, -0.05) is 0 Å². The molecule has 3 unspecified atom stereocenters. The summed E-state index contributed by atoms with van der Waals surface area (Å²) in [5.41, 5.74) is 20.5. The molecule has 15 nitrogen and oxygen atoms in total. The van der Waals surface area contributed by atoms with Crippen LogP contribution in [-0.2, 0) is 33.6 Å². The number of nitrogens with one attached hydrogen (secondary N) is 3. The smallest absolute Gasteiger partial charge is 0.326 e. The predicted molar refractivity (Wildman–Crippen MR) is 103 cm³/mol. The number of aliphatic carboxylic acids is 1. The Bertz CT molecular complexity index is 727. The lowest BCUT2D eigenvalue weighted by molar-refractivity contribution is -0.142. The summed E-state index contributed by atoms with van der Waals surface area (Å²) in [5.74, 6) is -6.52. The molecule has 0 rings (SSSR count). The zero-order chi connectivity index (χ0) is 24.1. The van der Waals surface area contributed by atoms with E-state index in [1.54, 1.807) is 0 Å². The molecule has 15 heteroatoms. The van der Waals surface area contributed by atoms with E-state index in [-0.39, 0.29) is 25.7 Å². The molecule has 0 aromatic carbocycles. The highest BCUT2D eigenvalue weighted by atomic mass is 16.4. The van der Waals surface area contributed by atoms with Gasteiger partial charge >= 0.3 is 5.97 Å². The number of carbonyl (C=O) groups excluding carboxylic acids is 6. The first-order valence-corrected chi connectivity index (χ1v) is 9.04. The van der Waals surface area contributed by atoms with Crippen LogP contribution in [0.25, 0.3) is 0 Å². The Labute approximate surface area is 176 Å². The third-order valence-electron chi connectivity index (χ3n) is 3.81. The highest BCUT2D eigenvalue weighted by Crippen LogP contribution is 1.99. The summed E-state index contributed by atoms with van der Waals surface area (Å²) in [5, 5.41) is 15.4. The number of nitrogens with two attached hydrogens (primary N) is 4. The first kappa shape index (κ1) is 27.2. The molecule has 0 heterocycles. The van der Waals surface area contributed by atoms with E-state index in [1.807, 2.05) is 0 Å². The van der Waals surface area contributed by atoms with Gasteiger partial charge in [0.1, 0.15) is 12.1 Å². The van der Waals surface area contributed by atoms with Gasteiger partial charge in [-0.15, -0.1) is 0 Å². The summed E-state index contributed by atoms with van der Waals surface area (Å²) in [7, 11) is 0. The Morgan fingerprint density at radius 3 is 1.77 bits per heavy atom. The molecular weight excluding hydrogens is 418 g/mol.